The lowest BCUT2D eigenvalue weighted by Gasteiger charge is -2.10. The van der Waals surface area contributed by atoms with Gasteiger partial charge in [0.1, 0.15) is 12.0 Å². The highest BCUT2D eigenvalue weighted by Crippen LogP contribution is 2.29. The summed E-state index contributed by atoms with van der Waals surface area (Å²) in [5, 5.41) is 0. The van der Waals surface area contributed by atoms with E-state index in [0.29, 0.717) is 15.8 Å². The molecule has 0 fully saturated rings. The van der Waals surface area contributed by atoms with Crippen molar-refractivity contribution in [1.29, 1.82) is 0 Å². The first kappa shape index (κ1) is 12.8. The van der Waals surface area contributed by atoms with Crippen LogP contribution in [0.25, 0.3) is 0 Å². The molecule has 2 rings (SSSR count). The van der Waals surface area contributed by atoms with Gasteiger partial charge in [0.15, 0.2) is 11.6 Å². The van der Waals surface area contributed by atoms with Crippen LogP contribution >= 0.6 is 15.9 Å². The first-order valence-corrected chi connectivity index (χ1v) is 6.08. The predicted molar refractivity (Wildman–Crippen MR) is 70.7 cm³/mol. The van der Waals surface area contributed by atoms with Gasteiger partial charge in [-0.2, -0.15) is 0 Å². The lowest BCUT2D eigenvalue weighted by atomic mass is 10.1. The number of ether oxygens (including phenoxy) is 1. The normalized spacial score (nSPS) is 10.2. The molecule has 0 atom stereocenters. The quantitative estimate of drug-likeness (QED) is 0.780. The molecule has 0 aliphatic rings. The standard InChI is InChI=1S/C14H10BrFO2/c1-9-2-3-10(8-17)6-14(9)18-13-5-4-11(15)7-12(13)16/h2-8H,1H3. The SMILES string of the molecule is Cc1ccc(C=O)cc1Oc1ccc(Br)cc1F. The third kappa shape index (κ3) is 2.76. The summed E-state index contributed by atoms with van der Waals surface area (Å²) in [4.78, 5) is 10.7. The van der Waals surface area contributed by atoms with Gasteiger partial charge in [-0.25, -0.2) is 4.39 Å². The van der Waals surface area contributed by atoms with E-state index in [2.05, 4.69) is 15.9 Å². The van der Waals surface area contributed by atoms with E-state index in [1.807, 2.05) is 6.92 Å². The third-order valence-corrected chi connectivity index (χ3v) is 2.96. The highest BCUT2D eigenvalue weighted by Gasteiger charge is 2.08. The van der Waals surface area contributed by atoms with Crippen LogP contribution in [0.2, 0.25) is 0 Å². The van der Waals surface area contributed by atoms with Gasteiger partial charge in [0.25, 0.3) is 0 Å². The van der Waals surface area contributed by atoms with Gasteiger partial charge >= 0.3 is 0 Å². The zero-order chi connectivity index (χ0) is 13.1. The lowest BCUT2D eigenvalue weighted by Crippen LogP contribution is -1.92. The number of carbonyl (C=O) groups is 1. The summed E-state index contributed by atoms with van der Waals surface area (Å²) in [6.45, 7) is 1.83. The molecule has 0 aliphatic carbocycles. The van der Waals surface area contributed by atoms with Crippen LogP contribution in [0.3, 0.4) is 0 Å². The Kier molecular flexibility index (Phi) is 3.77. The summed E-state index contributed by atoms with van der Waals surface area (Å²) < 4.78 is 19.8. The second kappa shape index (κ2) is 5.31. The van der Waals surface area contributed by atoms with Crippen LogP contribution in [0.5, 0.6) is 11.5 Å². The van der Waals surface area contributed by atoms with Gasteiger partial charge in [-0.15, -0.1) is 0 Å². The molecule has 0 aromatic heterocycles. The summed E-state index contributed by atoms with van der Waals surface area (Å²) in [5.74, 6) is 0.144. The van der Waals surface area contributed by atoms with E-state index >= 15 is 0 Å². The van der Waals surface area contributed by atoms with E-state index in [1.165, 1.54) is 12.1 Å². The number of halogens is 2. The number of carbonyl (C=O) groups excluding carboxylic acids is 1. The number of benzene rings is 2. The Hall–Kier alpha value is -1.68. The Morgan fingerprint density at radius 2 is 1.94 bits per heavy atom. The molecule has 0 saturated heterocycles. The predicted octanol–water partition coefficient (Wildman–Crippen LogP) is 4.50. The Balaban J connectivity index is 2.36. The molecule has 0 bridgehead atoms. The van der Waals surface area contributed by atoms with E-state index in [9.17, 15) is 9.18 Å². The van der Waals surface area contributed by atoms with Crippen molar-refractivity contribution in [3.8, 4) is 11.5 Å². The number of aldehydes is 1. The fourth-order valence-electron chi connectivity index (χ4n) is 1.48. The Bertz CT molecular complexity index is 596. The van der Waals surface area contributed by atoms with Gasteiger partial charge in [0, 0.05) is 10.0 Å². The third-order valence-electron chi connectivity index (χ3n) is 2.46. The molecule has 0 radical (unpaired) electrons. The Morgan fingerprint density at radius 1 is 1.17 bits per heavy atom. The van der Waals surface area contributed by atoms with E-state index in [4.69, 9.17) is 4.74 Å². The van der Waals surface area contributed by atoms with Crippen molar-refractivity contribution in [2.75, 3.05) is 0 Å². The molecule has 2 nitrogen and oxygen atoms in total. The zero-order valence-corrected chi connectivity index (χ0v) is 11.2. The van der Waals surface area contributed by atoms with Crippen molar-refractivity contribution in [1.82, 2.24) is 0 Å². The van der Waals surface area contributed by atoms with Crippen LogP contribution in [0.1, 0.15) is 15.9 Å². The maximum atomic E-state index is 13.6. The molecule has 4 heteroatoms. The molecular weight excluding hydrogens is 299 g/mol. The highest BCUT2D eigenvalue weighted by atomic mass is 79.9. The van der Waals surface area contributed by atoms with Crippen molar-refractivity contribution < 1.29 is 13.9 Å². The Morgan fingerprint density at radius 3 is 2.61 bits per heavy atom. The topological polar surface area (TPSA) is 26.3 Å². The summed E-state index contributed by atoms with van der Waals surface area (Å²) in [6, 6.07) is 9.59. The van der Waals surface area contributed by atoms with Crippen LogP contribution in [0, 0.1) is 12.7 Å². The fraction of sp³-hybridized carbons (Fsp3) is 0.0714. The van der Waals surface area contributed by atoms with Gasteiger partial charge in [0.05, 0.1) is 0 Å². The second-order valence-electron chi connectivity index (χ2n) is 3.82. The maximum absolute atomic E-state index is 13.6. The van der Waals surface area contributed by atoms with Gasteiger partial charge in [-0.05, 0) is 36.8 Å². The summed E-state index contributed by atoms with van der Waals surface area (Å²) >= 11 is 3.18. The first-order chi connectivity index (χ1) is 8.60. The van der Waals surface area contributed by atoms with E-state index in [1.54, 1.807) is 24.3 Å². The smallest absolute Gasteiger partial charge is 0.166 e. The first-order valence-electron chi connectivity index (χ1n) is 5.29. The average Bonchev–Trinajstić information content (AvgIpc) is 2.35. The second-order valence-corrected chi connectivity index (χ2v) is 4.74. The van der Waals surface area contributed by atoms with Crippen molar-refractivity contribution in [2.45, 2.75) is 6.92 Å². The number of rotatable bonds is 3. The molecule has 0 N–H and O–H groups in total. The van der Waals surface area contributed by atoms with E-state index < -0.39 is 5.82 Å². The lowest BCUT2D eigenvalue weighted by molar-refractivity contribution is 0.112. The molecule has 18 heavy (non-hydrogen) atoms. The van der Waals surface area contributed by atoms with Gasteiger partial charge in [-0.3, -0.25) is 4.79 Å². The maximum Gasteiger partial charge on any atom is 0.166 e. The largest absolute Gasteiger partial charge is 0.454 e. The Labute approximate surface area is 113 Å². The monoisotopic (exact) mass is 308 g/mol. The minimum atomic E-state index is -0.458. The van der Waals surface area contributed by atoms with Crippen molar-refractivity contribution >= 4 is 22.2 Å². The molecule has 2 aromatic carbocycles. The summed E-state index contributed by atoms with van der Waals surface area (Å²) in [5.41, 5.74) is 1.33. The summed E-state index contributed by atoms with van der Waals surface area (Å²) in [7, 11) is 0. The minimum absolute atomic E-state index is 0.129. The fourth-order valence-corrected chi connectivity index (χ4v) is 1.81. The van der Waals surface area contributed by atoms with Crippen LogP contribution in [-0.4, -0.2) is 6.29 Å². The van der Waals surface area contributed by atoms with Gasteiger partial charge in [0.2, 0.25) is 0 Å². The molecule has 0 aliphatic heterocycles. The van der Waals surface area contributed by atoms with Gasteiger partial charge < -0.3 is 4.74 Å². The molecule has 0 spiro atoms. The molecule has 92 valence electrons. The molecule has 0 amide bonds. The van der Waals surface area contributed by atoms with Crippen molar-refractivity contribution in [2.24, 2.45) is 0 Å². The van der Waals surface area contributed by atoms with Gasteiger partial charge in [-0.1, -0.05) is 28.1 Å². The van der Waals surface area contributed by atoms with E-state index in [-0.39, 0.29) is 5.75 Å². The van der Waals surface area contributed by atoms with Crippen LogP contribution in [0.4, 0.5) is 4.39 Å². The summed E-state index contributed by atoms with van der Waals surface area (Å²) in [6.07, 6.45) is 0.726. The van der Waals surface area contributed by atoms with Crippen LogP contribution in [0.15, 0.2) is 40.9 Å². The molecule has 2 aromatic rings. The van der Waals surface area contributed by atoms with E-state index in [0.717, 1.165) is 11.8 Å². The zero-order valence-electron chi connectivity index (χ0n) is 9.61. The van der Waals surface area contributed by atoms with Crippen LogP contribution < -0.4 is 4.74 Å². The molecule has 0 heterocycles. The molecular formula is C14H10BrFO2. The average molecular weight is 309 g/mol. The number of hydrogen-bond acceptors (Lipinski definition) is 2. The highest BCUT2D eigenvalue weighted by molar-refractivity contribution is 9.10. The van der Waals surface area contributed by atoms with Crippen LogP contribution in [-0.2, 0) is 0 Å². The van der Waals surface area contributed by atoms with Crippen molar-refractivity contribution in [3.63, 3.8) is 0 Å². The number of hydrogen-bond donors (Lipinski definition) is 0. The minimum Gasteiger partial charge on any atom is -0.454 e. The number of aryl methyl sites for hydroxylation is 1. The molecule has 0 unspecified atom stereocenters. The van der Waals surface area contributed by atoms with Crippen molar-refractivity contribution in [3.05, 3.63) is 57.8 Å². The molecule has 0 saturated carbocycles.